The van der Waals surface area contributed by atoms with Crippen molar-refractivity contribution in [2.45, 2.75) is 19.6 Å². The summed E-state index contributed by atoms with van der Waals surface area (Å²) in [5.74, 6) is 0.904. The summed E-state index contributed by atoms with van der Waals surface area (Å²) in [7, 11) is 1.61. The van der Waals surface area contributed by atoms with Gasteiger partial charge in [0, 0.05) is 5.56 Å². The number of hydrogen-bond acceptors (Lipinski definition) is 5. The van der Waals surface area contributed by atoms with E-state index in [9.17, 15) is 9.18 Å². The lowest BCUT2D eigenvalue weighted by Crippen LogP contribution is -2.27. The quantitative estimate of drug-likeness (QED) is 0.510. The van der Waals surface area contributed by atoms with Crippen molar-refractivity contribution in [1.82, 2.24) is 4.90 Å². The van der Waals surface area contributed by atoms with Crippen LogP contribution in [0.5, 0.6) is 11.5 Å². The molecule has 1 fully saturated rings. The van der Waals surface area contributed by atoms with Gasteiger partial charge in [0.25, 0.3) is 5.91 Å². The molecular formula is C22H18FNO3S2. The maximum Gasteiger partial charge on any atom is 0.266 e. The lowest BCUT2D eigenvalue weighted by atomic mass is 10.0. The fraction of sp³-hybridized carbons (Fsp3) is 0.182. The van der Waals surface area contributed by atoms with E-state index in [0.717, 1.165) is 16.7 Å². The van der Waals surface area contributed by atoms with Gasteiger partial charge in [-0.15, -0.1) is 0 Å². The molecule has 0 radical (unpaired) electrons. The van der Waals surface area contributed by atoms with Gasteiger partial charge in [-0.3, -0.25) is 9.69 Å². The van der Waals surface area contributed by atoms with Crippen LogP contribution in [0.3, 0.4) is 0 Å². The summed E-state index contributed by atoms with van der Waals surface area (Å²) in [6, 6.07) is 11.7. The van der Waals surface area contributed by atoms with E-state index >= 15 is 0 Å². The van der Waals surface area contributed by atoms with Crippen LogP contribution in [0.25, 0.3) is 6.08 Å². The molecule has 0 aliphatic carbocycles. The molecule has 1 unspecified atom stereocenters. The van der Waals surface area contributed by atoms with Gasteiger partial charge < -0.3 is 9.47 Å². The van der Waals surface area contributed by atoms with E-state index in [2.05, 4.69) is 0 Å². The van der Waals surface area contributed by atoms with Crippen molar-refractivity contribution in [3.63, 3.8) is 0 Å². The first-order chi connectivity index (χ1) is 14.0. The standard InChI is InChI=1S/C22H18FNO3S2/c1-13-16(10-15-4-3-5-18(26-2)20(15)27-13)11-19-21(25)24(22(28)29-19)12-14-6-8-17(23)9-7-14/h3-11,13H,12H2,1-2H3/b19-11-. The molecule has 1 atom stereocenters. The first-order valence-electron chi connectivity index (χ1n) is 9.01. The number of rotatable bonds is 4. The van der Waals surface area contributed by atoms with Crippen molar-refractivity contribution in [2.75, 3.05) is 7.11 Å². The number of thiocarbonyl (C=S) groups is 1. The number of thioether (sulfide) groups is 1. The van der Waals surface area contributed by atoms with Crippen LogP contribution in [0.15, 0.2) is 59.0 Å². The number of carbonyl (C=O) groups is 1. The first-order valence-corrected chi connectivity index (χ1v) is 10.2. The maximum absolute atomic E-state index is 13.1. The molecule has 2 heterocycles. The first kappa shape index (κ1) is 19.7. The van der Waals surface area contributed by atoms with Gasteiger partial charge in [0.1, 0.15) is 16.2 Å². The van der Waals surface area contributed by atoms with E-state index < -0.39 is 0 Å². The third-order valence-electron chi connectivity index (χ3n) is 4.74. The number of amides is 1. The zero-order chi connectivity index (χ0) is 20.5. The van der Waals surface area contributed by atoms with Crippen LogP contribution in [-0.4, -0.2) is 28.3 Å². The number of fused-ring (bicyclic) bond motifs is 1. The van der Waals surface area contributed by atoms with Crippen LogP contribution in [0.2, 0.25) is 0 Å². The van der Waals surface area contributed by atoms with Gasteiger partial charge in [0.2, 0.25) is 0 Å². The van der Waals surface area contributed by atoms with E-state index in [1.54, 1.807) is 19.2 Å². The second kappa shape index (κ2) is 8.00. The third-order valence-corrected chi connectivity index (χ3v) is 6.12. The van der Waals surface area contributed by atoms with Crippen molar-refractivity contribution in [1.29, 1.82) is 0 Å². The topological polar surface area (TPSA) is 38.8 Å². The maximum atomic E-state index is 13.1. The van der Waals surface area contributed by atoms with Crippen molar-refractivity contribution < 1.29 is 18.7 Å². The second-order valence-electron chi connectivity index (χ2n) is 6.68. The highest BCUT2D eigenvalue weighted by Gasteiger charge is 2.33. The highest BCUT2D eigenvalue weighted by atomic mass is 32.2. The van der Waals surface area contributed by atoms with Gasteiger partial charge in [-0.2, -0.15) is 0 Å². The summed E-state index contributed by atoms with van der Waals surface area (Å²) in [6.07, 6.45) is 3.59. The van der Waals surface area contributed by atoms with Crippen molar-refractivity contribution in [2.24, 2.45) is 0 Å². The molecule has 0 saturated carbocycles. The van der Waals surface area contributed by atoms with E-state index in [1.165, 1.54) is 28.8 Å². The molecule has 2 aliphatic heterocycles. The fourth-order valence-corrected chi connectivity index (χ4v) is 4.45. The van der Waals surface area contributed by atoms with Gasteiger partial charge >= 0.3 is 0 Å². The molecular weight excluding hydrogens is 409 g/mol. The highest BCUT2D eigenvalue weighted by Crippen LogP contribution is 2.40. The number of benzene rings is 2. The average molecular weight is 428 g/mol. The molecule has 0 aromatic heterocycles. The molecule has 2 aromatic rings. The van der Waals surface area contributed by atoms with Gasteiger partial charge in [0.05, 0.1) is 18.6 Å². The van der Waals surface area contributed by atoms with E-state index in [1.807, 2.05) is 37.3 Å². The Hall–Kier alpha value is -2.64. The third kappa shape index (κ3) is 3.93. The number of hydrogen-bond donors (Lipinski definition) is 0. The van der Waals surface area contributed by atoms with E-state index in [4.69, 9.17) is 21.7 Å². The van der Waals surface area contributed by atoms with Crippen molar-refractivity contribution in [3.05, 3.63) is 76.0 Å². The molecule has 7 heteroatoms. The fourth-order valence-electron chi connectivity index (χ4n) is 3.19. The van der Waals surface area contributed by atoms with Gasteiger partial charge in [-0.05, 0) is 48.4 Å². The van der Waals surface area contributed by atoms with E-state index in [-0.39, 0.29) is 17.8 Å². The number of para-hydroxylation sites is 1. The molecule has 1 amide bonds. The highest BCUT2D eigenvalue weighted by molar-refractivity contribution is 8.26. The summed E-state index contributed by atoms with van der Waals surface area (Å²) in [6.45, 7) is 2.24. The molecule has 148 valence electrons. The minimum Gasteiger partial charge on any atom is -0.493 e. The van der Waals surface area contributed by atoms with Gasteiger partial charge in [-0.25, -0.2) is 4.39 Å². The summed E-state index contributed by atoms with van der Waals surface area (Å²) < 4.78 is 25.0. The largest absolute Gasteiger partial charge is 0.493 e. The smallest absolute Gasteiger partial charge is 0.266 e. The second-order valence-corrected chi connectivity index (χ2v) is 8.35. The van der Waals surface area contributed by atoms with Crippen LogP contribution in [0.1, 0.15) is 18.1 Å². The van der Waals surface area contributed by atoms with Crippen molar-refractivity contribution in [3.8, 4) is 11.5 Å². The average Bonchev–Trinajstić information content (AvgIpc) is 2.97. The molecule has 2 aromatic carbocycles. The zero-order valence-corrected chi connectivity index (χ0v) is 17.5. The van der Waals surface area contributed by atoms with E-state index in [0.29, 0.717) is 27.3 Å². The minimum absolute atomic E-state index is 0.158. The number of carbonyl (C=O) groups excluding carboxylic acids is 1. The summed E-state index contributed by atoms with van der Waals surface area (Å²) in [5, 5.41) is 0. The number of nitrogens with zero attached hydrogens (tertiary/aromatic N) is 1. The Labute approximate surface area is 178 Å². The Kier molecular flexibility index (Phi) is 5.43. The summed E-state index contributed by atoms with van der Waals surface area (Å²) in [4.78, 5) is 15.0. The molecule has 0 spiro atoms. The molecule has 4 rings (SSSR count). The Bertz CT molecular complexity index is 1050. The van der Waals surface area contributed by atoms with Crippen LogP contribution in [0.4, 0.5) is 4.39 Å². The molecule has 0 N–H and O–H groups in total. The number of halogens is 1. The van der Waals surface area contributed by atoms with Gasteiger partial charge in [0.15, 0.2) is 11.5 Å². The predicted octanol–water partition coefficient (Wildman–Crippen LogP) is 4.94. The lowest BCUT2D eigenvalue weighted by molar-refractivity contribution is -0.122. The molecule has 4 nitrogen and oxygen atoms in total. The van der Waals surface area contributed by atoms with Crippen LogP contribution in [0, 0.1) is 5.82 Å². The summed E-state index contributed by atoms with van der Waals surface area (Å²) >= 11 is 6.66. The normalized spacial score (nSPS) is 19.8. The van der Waals surface area contributed by atoms with Crippen LogP contribution < -0.4 is 9.47 Å². The molecule has 0 bridgehead atoms. The number of ether oxygens (including phenoxy) is 2. The Balaban J connectivity index is 1.59. The lowest BCUT2D eigenvalue weighted by Gasteiger charge is -2.24. The Morgan fingerprint density at radius 2 is 2.03 bits per heavy atom. The van der Waals surface area contributed by atoms with Gasteiger partial charge in [-0.1, -0.05) is 48.2 Å². The molecule has 1 saturated heterocycles. The monoisotopic (exact) mass is 427 g/mol. The molecule has 2 aliphatic rings. The predicted molar refractivity (Wildman–Crippen MR) is 116 cm³/mol. The summed E-state index contributed by atoms with van der Waals surface area (Å²) in [5.41, 5.74) is 2.60. The zero-order valence-electron chi connectivity index (χ0n) is 15.8. The molecule has 29 heavy (non-hydrogen) atoms. The minimum atomic E-state index is -0.311. The Morgan fingerprint density at radius 3 is 2.76 bits per heavy atom. The SMILES string of the molecule is COc1cccc2c1OC(C)C(/C=C1\SC(=S)N(Cc3ccc(F)cc3)C1=O)=C2. The number of methoxy groups -OCH3 is 1. The van der Waals surface area contributed by atoms with Crippen LogP contribution >= 0.6 is 24.0 Å². The van der Waals surface area contributed by atoms with Crippen molar-refractivity contribution >= 4 is 40.3 Å². The van der Waals surface area contributed by atoms with Crippen LogP contribution in [-0.2, 0) is 11.3 Å². The Morgan fingerprint density at radius 1 is 1.28 bits per heavy atom.